The number of nitrogens with zero attached hydrogens (tertiary/aromatic N) is 1. The van der Waals surface area contributed by atoms with Gasteiger partial charge in [-0.25, -0.2) is 4.79 Å². The molecule has 0 aliphatic carbocycles. The van der Waals surface area contributed by atoms with Crippen LogP contribution in [0.3, 0.4) is 0 Å². The number of carbonyl (C=O) groups excluding carboxylic acids is 2. The van der Waals surface area contributed by atoms with Gasteiger partial charge in [0.15, 0.2) is 11.7 Å². The summed E-state index contributed by atoms with van der Waals surface area (Å²) in [5, 5.41) is 0. The Kier molecular flexibility index (Phi) is 6.42. The Labute approximate surface area is 199 Å². The molecule has 2 heterocycles. The second-order valence-electron chi connectivity index (χ2n) is 9.16. The minimum Gasteiger partial charge on any atom is -0.488 e. The van der Waals surface area contributed by atoms with Gasteiger partial charge in [0.1, 0.15) is 17.9 Å². The Morgan fingerprint density at radius 1 is 1.18 bits per heavy atom. The number of benzene rings is 2. The molecule has 4 rings (SSSR count). The zero-order valence-corrected chi connectivity index (χ0v) is 20.0. The number of carbonyl (C=O) groups is 2. The van der Waals surface area contributed by atoms with Crippen molar-refractivity contribution in [2.24, 2.45) is 5.92 Å². The maximum atomic E-state index is 12.9. The van der Waals surface area contributed by atoms with Gasteiger partial charge in [-0.1, -0.05) is 44.2 Å². The Bertz CT molecular complexity index is 1290. The van der Waals surface area contributed by atoms with Crippen molar-refractivity contribution in [1.29, 1.82) is 0 Å². The van der Waals surface area contributed by atoms with Gasteiger partial charge >= 0.3 is 5.97 Å². The van der Waals surface area contributed by atoms with Gasteiger partial charge < -0.3 is 14.0 Å². The van der Waals surface area contributed by atoms with Crippen molar-refractivity contribution in [3.63, 3.8) is 0 Å². The number of rotatable bonds is 7. The molecule has 2 aromatic carbocycles. The molecular formula is C28H29NO5. The van der Waals surface area contributed by atoms with E-state index in [4.69, 9.17) is 9.47 Å². The quantitative estimate of drug-likeness (QED) is 0.367. The molecule has 1 unspecified atom stereocenters. The van der Waals surface area contributed by atoms with E-state index in [9.17, 15) is 14.4 Å². The minimum atomic E-state index is -0.627. The summed E-state index contributed by atoms with van der Waals surface area (Å²) in [4.78, 5) is 37.2. The molecule has 6 heteroatoms. The van der Waals surface area contributed by atoms with Gasteiger partial charge in [0.05, 0.1) is 17.9 Å². The van der Waals surface area contributed by atoms with Crippen molar-refractivity contribution < 1.29 is 19.1 Å². The first-order valence-electron chi connectivity index (χ1n) is 11.5. The van der Waals surface area contributed by atoms with Gasteiger partial charge in [0.2, 0.25) is 0 Å². The molecule has 3 aromatic rings. The lowest BCUT2D eigenvalue weighted by Gasteiger charge is -2.43. The topological polar surface area (TPSA) is 74.6 Å². The Morgan fingerprint density at radius 3 is 2.56 bits per heavy atom. The number of ether oxygens (including phenoxy) is 2. The van der Waals surface area contributed by atoms with E-state index in [0.29, 0.717) is 30.0 Å². The highest BCUT2D eigenvalue weighted by atomic mass is 16.5. The lowest BCUT2D eigenvalue weighted by Crippen LogP contribution is -2.42. The summed E-state index contributed by atoms with van der Waals surface area (Å²) in [7, 11) is 0. The Balaban J connectivity index is 1.84. The summed E-state index contributed by atoms with van der Waals surface area (Å²) < 4.78 is 13.1. The van der Waals surface area contributed by atoms with E-state index in [1.165, 1.54) is 6.07 Å². The van der Waals surface area contributed by atoms with Crippen molar-refractivity contribution in [2.75, 3.05) is 6.61 Å². The molecule has 0 bridgehead atoms. The molecule has 1 atom stereocenters. The van der Waals surface area contributed by atoms with E-state index in [0.717, 1.165) is 23.0 Å². The first kappa shape index (κ1) is 23.5. The summed E-state index contributed by atoms with van der Waals surface area (Å²) in [5.41, 5.74) is 3.08. The van der Waals surface area contributed by atoms with Gasteiger partial charge in [-0.2, -0.15) is 0 Å². The van der Waals surface area contributed by atoms with Crippen molar-refractivity contribution in [3.05, 3.63) is 87.2 Å². The number of pyridine rings is 1. The van der Waals surface area contributed by atoms with Gasteiger partial charge in [-0.3, -0.25) is 9.59 Å². The highest BCUT2D eigenvalue weighted by Gasteiger charge is 2.38. The number of aromatic nitrogens is 1. The summed E-state index contributed by atoms with van der Waals surface area (Å²) in [6.45, 7) is 8.59. The van der Waals surface area contributed by atoms with Crippen LogP contribution in [0.5, 0.6) is 5.75 Å². The number of hydrogen-bond donors (Lipinski definition) is 0. The first-order valence-corrected chi connectivity index (χ1v) is 11.5. The lowest BCUT2D eigenvalue weighted by atomic mass is 9.76. The van der Waals surface area contributed by atoms with Crippen LogP contribution in [0.4, 0.5) is 0 Å². The van der Waals surface area contributed by atoms with Crippen LogP contribution >= 0.6 is 0 Å². The highest BCUT2D eigenvalue weighted by molar-refractivity contribution is 5.90. The molecule has 176 valence electrons. The van der Waals surface area contributed by atoms with Crippen molar-refractivity contribution in [2.45, 2.75) is 46.3 Å². The van der Waals surface area contributed by atoms with Crippen LogP contribution in [0, 0.1) is 5.92 Å². The van der Waals surface area contributed by atoms with Crippen LogP contribution in [-0.4, -0.2) is 23.4 Å². The minimum absolute atomic E-state index is 0.0133. The molecule has 1 aromatic heterocycles. The van der Waals surface area contributed by atoms with Crippen molar-refractivity contribution in [3.8, 4) is 17.0 Å². The molecule has 0 radical (unpaired) electrons. The summed E-state index contributed by atoms with van der Waals surface area (Å²) >= 11 is 0. The fraction of sp³-hybridized carbons (Fsp3) is 0.321. The van der Waals surface area contributed by atoms with Crippen LogP contribution in [-0.2, 0) is 23.3 Å². The van der Waals surface area contributed by atoms with Crippen LogP contribution in [0.15, 0.2) is 59.5 Å². The van der Waals surface area contributed by atoms with E-state index in [1.54, 1.807) is 19.2 Å². The Morgan fingerprint density at radius 2 is 1.91 bits per heavy atom. The monoisotopic (exact) mass is 459 g/mol. The average molecular weight is 460 g/mol. The predicted molar refractivity (Wildman–Crippen MR) is 130 cm³/mol. The zero-order valence-electron chi connectivity index (χ0n) is 20.0. The molecule has 0 amide bonds. The van der Waals surface area contributed by atoms with Gasteiger partial charge in [0, 0.05) is 23.4 Å². The molecule has 6 nitrogen and oxygen atoms in total. The van der Waals surface area contributed by atoms with E-state index >= 15 is 0 Å². The van der Waals surface area contributed by atoms with E-state index in [1.807, 2.05) is 41.0 Å². The van der Waals surface area contributed by atoms with Gasteiger partial charge in [-0.05, 0) is 49.4 Å². The summed E-state index contributed by atoms with van der Waals surface area (Å²) in [6.07, 6.45) is 3.03. The highest BCUT2D eigenvalue weighted by Crippen LogP contribution is 2.43. The normalized spacial score (nSPS) is 16.5. The molecule has 34 heavy (non-hydrogen) atoms. The number of aldehydes is 1. The van der Waals surface area contributed by atoms with Crippen molar-refractivity contribution in [1.82, 2.24) is 4.57 Å². The van der Waals surface area contributed by atoms with E-state index < -0.39 is 16.9 Å². The number of esters is 1. The summed E-state index contributed by atoms with van der Waals surface area (Å²) in [6, 6.07) is 14.9. The third-order valence-electron chi connectivity index (χ3n) is 6.76. The average Bonchev–Trinajstić information content (AvgIpc) is 2.82. The van der Waals surface area contributed by atoms with Gasteiger partial charge in [0.25, 0.3) is 0 Å². The second kappa shape index (κ2) is 9.29. The molecule has 1 aliphatic rings. The predicted octanol–water partition coefficient (Wildman–Crippen LogP) is 5.01. The Hall–Kier alpha value is -3.67. The van der Waals surface area contributed by atoms with Gasteiger partial charge in [-0.15, -0.1) is 0 Å². The first-order chi connectivity index (χ1) is 16.3. The van der Waals surface area contributed by atoms with E-state index in [2.05, 4.69) is 20.8 Å². The maximum Gasteiger partial charge on any atom is 0.343 e. The molecule has 0 N–H and O–H groups in total. The number of fused-ring (bicyclic) bond motifs is 3. The smallest absolute Gasteiger partial charge is 0.343 e. The van der Waals surface area contributed by atoms with E-state index in [-0.39, 0.29) is 18.1 Å². The molecule has 0 fully saturated rings. The SMILES string of the molecule is CCOC(=O)c1cn2c(cc1=O)-c1cc(C=O)c(OCc3ccccc3)cc1CC2(C)C(C)C. The molecule has 0 spiro atoms. The van der Waals surface area contributed by atoms with Crippen LogP contribution in [0.1, 0.15) is 59.5 Å². The third kappa shape index (κ3) is 4.16. The van der Waals surface area contributed by atoms with Crippen molar-refractivity contribution >= 4 is 12.3 Å². The van der Waals surface area contributed by atoms with Crippen LogP contribution in [0.2, 0.25) is 0 Å². The molecular weight excluding hydrogens is 430 g/mol. The fourth-order valence-corrected chi connectivity index (χ4v) is 4.45. The molecule has 0 saturated heterocycles. The zero-order chi connectivity index (χ0) is 24.5. The van der Waals surface area contributed by atoms with Crippen LogP contribution < -0.4 is 10.2 Å². The summed E-state index contributed by atoms with van der Waals surface area (Å²) in [5.74, 6) is 0.0805. The molecule has 0 saturated carbocycles. The van der Waals surface area contributed by atoms with Crippen LogP contribution in [0.25, 0.3) is 11.3 Å². The third-order valence-corrected chi connectivity index (χ3v) is 6.76. The maximum absolute atomic E-state index is 12.9. The standard InChI is InChI=1S/C28H29NO5/c1-5-33-27(32)23-15-29-24(13-25(23)31)22-11-21(16-30)26(34-17-19-9-7-6-8-10-19)12-20(22)14-28(29,4)18(2)3/h6-13,15-16,18H,5,14,17H2,1-4H3. The largest absolute Gasteiger partial charge is 0.488 e. The molecule has 1 aliphatic heterocycles. The fourth-order valence-electron chi connectivity index (χ4n) is 4.45. The second-order valence-corrected chi connectivity index (χ2v) is 9.16. The number of hydrogen-bond acceptors (Lipinski definition) is 5. The lowest BCUT2D eigenvalue weighted by molar-refractivity contribution is 0.0522.